The number of aromatic amines is 1. The third-order valence-corrected chi connectivity index (χ3v) is 3.84. The van der Waals surface area contributed by atoms with Gasteiger partial charge in [-0.1, -0.05) is 42.5 Å². The van der Waals surface area contributed by atoms with Gasteiger partial charge in [0, 0.05) is 29.1 Å². The molecule has 2 heterocycles. The number of halogens is 1. The second-order valence-corrected chi connectivity index (χ2v) is 5.46. The molecule has 25 heavy (non-hydrogen) atoms. The Hall–Kier alpha value is -3.11. The molecule has 4 nitrogen and oxygen atoms in total. The summed E-state index contributed by atoms with van der Waals surface area (Å²) in [6, 6.07) is 21.0. The summed E-state index contributed by atoms with van der Waals surface area (Å²) < 4.78 is 0. The Balaban J connectivity index is 0.00000182. The number of H-pyrrole nitrogens is 1. The molecule has 0 atom stereocenters. The van der Waals surface area contributed by atoms with Gasteiger partial charge in [0.25, 0.3) is 0 Å². The minimum atomic E-state index is 0. The highest BCUT2D eigenvalue weighted by molar-refractivity contribution is 5.85. The predicted molar refractivity (Wildman–Crippen MR) is 102 cm³/mol. The van der Waals surface area contributed by atoms with Gasteiger partial charge in [0.05, 0.1) is 11.4 Å². The summed E-state index contributed by atoms with van der Waals surface area (Å²) in [6.45, 7) is 0. The minimum absolute atomic E-state index is 0. The molecular formula is C20H16ClN3O. The first-order valence-electron chi connectivity index (χ1n) is 7.66. The highest BCUT2D eigenvalue weighted by Crippen LogP contribution is 2.33. The maximum atomic E-state index is 9.81. The van der Waals surface area contributed by atoms with E-state index in [0.29, 0.717) is 0 Å². The number of aromatic nitrogens is 3. The Morgan fingerprint density at radius 2 is 1.48 bits per heavy atom. The lowest BCUT2D eigenvalue weighted by Gasteiger charge is -2.03. The first-order chi connectivity index (χ1) is 11.8. The number of phenolic OH excluding ortho intramolecular Hbond substituents is 1. The molecule has 2 aromatic heterocycles. The van der Waals surface area contributed by atoms with Gasteiger partial charge in [-0.05, 0) is 24.3 Å². The summed E-state index contributed by atoms with van der Waals surface area (Å²) in [5.74, 6) is 1.01. The third kappa shape index (κ3) is 3.39. The monoisotopic (exact) mass is 349 g/mol. The number of aromatic hydroxyl groups is 1. The van der Waals surface area contributed by atoms with Gasteiger partial charge in [0.1, 0.15) is 11.6 Å². The molecule has 0 amide bonds. The quantitative estimate of drug-likeness (QED) is 0.551. The first-order valence-corrected chi connectivity index (χ1v) is 7.66. The van der Waals surface area contributed by atoms with Crippen LogP contribution in [0.3, 0.4) is 0 Å². The lowest BCUT2D eigenvalue weighted by atomic mass is 10.1. The lowest BCUT2D eigenvalue weighted by molar-refractivity contribution is 0.475. The van der Waals surface area contributed by atoms with E-state index in [1.807, 2.05) is 54.6 Å². The molecule has 0 radical (unpaired) electrons. The molecule has 0 saturated heterocycles. The average Bonchev–Trinajstić information content (AvgIpc) is 3.09. The molecule has 2 N–H and O–H groups in total. The molecule has 0 unspecified atom stereocenters. The summed E-state index contributed by atoms with van der Waals surface area (Å²) in [5, 5.41) is 9.81. The molecule has 2 aromatic carbocycles. The molecule has 0 aliphatic carbocycles. The van der Waals surface area contributed by atoms with Crippen molar-refractivity contribution < 1.29 is 5.11 Å². The smallest absolute Gasteiger partial charge is 0.138 e. The predicted octanol–water partition coefficient (Wildman–Crippen LogP) is 4.93. The molecule has 124 valence electrons. The van der Waals surface area contributed by atoms with Crippen LogP contribution < -0.4 is 0 Å². The number of benzene rings is 2. The Labute approximate surface area is 151 Å². The van der Waals surface area contributed by atoms with Crippen molar-refractivity contribution in [3.05, 3.63) is 79.1 Å². The van der Waals surface area contributed by atoms with E-state index in [4.69, 9.17) is 4.98 Å². The first kappa shape index (κ1) is 16.7. The number of nitrogens with zero attached hydrogens (tertiary/aromatic N) is 2. The molecule has 0 aliphatic rings. The van der Waals surface area contributed by atoms with E-state index in [2.05, 4.69) is 9.97 Å². The fourth-order valence-corrected chi connectivity index (χ4v) is 2.70. The van der Waals surface area contributed by atoms with Gasteiger partial charge in [-0.3, -0.25) is 4.98 Å². The summed E-state index contributed by atoms with van der Waals surface area (Å²) in [6.07, 6.45) is 3.51. The van der Waals surface area contributed by atoms with Crippen LogP contribution in [-0.4, -0.2) is 20.1 Å². The van der Waals surface area contributed by atoms with Crippen LogP contribution >= 0.6 is 12.4 Å². The van der Waals surface area contributed by atoms with Crippen LogP contribution in [0.5, 0.6) is 5.75 Å². The number of nitrogens with one attached hydrogen (secondary N) is 1. The van der Waals surface area contributed by atoms with E-state index in [9.17, 15) is 5.11 Å². The Morgan fingerprint density at radius 1 is 0.760 bits per heavy atom. The summed E-state index contributed by atoms with van der Waals surface area (Å²) in [5.41, 5.74) is 4.58. The largest absolute Gasteiger partial charge is 0.508 e. The fourth-order valence-electron chi connectivity index (χ4n) is 2.70. The number of hydrogen-bond donors (Lipinski definition) is 2. The second-order valence-electron chi connectivity index (χ2n) is 5.46. The van der Waals surface area contributed by atoms with E-state index < -0.39 is 0 Å². The maximum absolute atomic E-state index is 9.81. The highest BCUT2D eigenvalue weighted by atomic mass is 35.5. The molecule has 0 spiro atoms. The van der Waals surface area contributed by atoms with Crippen LogP contribution in [0.2, 0.25) is 0 Å². The average molecular weight is 350 g/mol. The number of phenols is 1. The summed E-state index contributed by atoms with van der Waals surface area (Å²) in [7, 11) is 0. The number of hydrogen-bond acceptors (Lipinski definition) is 3. The molecular weight excluding hydrogens is 334 g/mol. The van der Waals surface area contributed by atoms with Crippen molar-refractivity contribution in [3.8, 4) is 39.7 Å². The van der Waals surface area contributed by atoms with E-state index in [1.54, 1.807) is 24.5 Å². The van der Waals surface area contributed by atoms with Crippen LogP contribution in [0.1, 0.15) is 0 Å². The molecule has 4 rings (SSSR count). The molecule has 4 aromatic rings. The van der Waals surface area contributed by atoms with Crippen molar-refractivity contribution in [1.82, 2.24) is 15.0 Å². The van der Waals surface area contributed by atoms with Gasteiger partial charge < -0.3 is 10.1 Å². The van der Waals surface area contributed by atoms with Crippen LogP contribution in [0.25, 0.3) is 33.9 Å². The summed E-state index contributed by atoms with van der Waals surface area (Å²) in [4.78, 5) is 12.3. The fraction of sp³-hybridized carbons (Fsp3) is 0. The standard InChI is InChI=1S/C20H15N3O.ClH/c24-17-8-4-7-16(13-17)19-18(14-9-11-21-12-10-14)22-20(23-19)15-5-2-1-3-6-15;/h1-13,24H,(H,22,23);1H. The molecule has 0 fully saturated rings. The van der Waals surface area contributed by atoms with E-state index in [-0.39, 0.29) is 18.2 Å². The second kappa shape index (κ2) is 7.20. The highest BCUT2D eigenvalue weighted by Gasteiger charge is 2.15. The topological polar surface area (TPSA) is 61.8 Å². The van der Waals surface area contributed by atoms with Crippen molar-refractivity contribution in [3.63, 3.8) is 0 Å². The van der Waals surface area contributed by atoms with Gasteiger partial charge in [0.2, 0.25) is 0 Å². The van der Waals surface area contributed by atoms with Gasteiger partial charge in [-0.25, -0.2) is 4.98 Å². The zero-order valence-corrected chi connectivity index (χ0v) is 14.1. The van der Waals surface area contributed by atoms with Crippen LogP contribution in [0.4, 0.5) is 0 Å². The molecule has 0 saturated carbocycles. The molecule has 0 bridgehead atoms. The Bertz CT molecular complexity index is 969. The Kier molecular flexibility index (Phi) is 4.82. The SMILES string of the molecule is Cl.Oc1cccc(-c2nc(-c3ccccc3)[nH]c2-c2ccncc2)c1. The lowest BCUT2D eigenvalue weighted by Crippen LogP contribution is -1.84. The minimum Gasteiger partial charge on any atom is -0.508 e. The van der Waals surface area contributed by atoms with E-state index in [0.717, 1.165) is 33.9 Å². The van der Waals surface area contributed by atoms with Gasteiger partial charge in [-0.2, -0.15) is 0 Å². The number of pyridine rings is 1. The normalized spacial score (nSPS) is 10.2. The van der Waals surface area contributed by atoms with Crippen LogP contribution in [-0.2, 0) is 0 Å². The van der Waals surface area contributed by atoms with Crippen LogP contribution in [0, 0.1) is 0 Å². The zero-order valence-electron chi connectivity index (χ0n) is 13.3. The van der Waals surface area contributed by atoms with E-state index >= 15 is 0 Å². The van der Waals surface area contributed by atoms with Gasteiger partial charge in [0.15, 0.2) is 0 Å². The Morgan fingerprint density at radius 3 is 2.20 bits per heavy atom. The number of imidazole rings is 1. The van der Waals surface area contributed by atoms with Crippen molar-refractivity contribution in [2.24, 2.45) is 0 Å². The molecule has 5 heteroatoms. The maximum Gasteiger partial charge on any atom is 0.138 e. The number of rotatable bonds is 3. The summed E-state index contributed by atoms with van der Waals surface area (Å²) >= 11 is 0. The van der Waals surface area contributed by atoms with E-state index in [1.165, 1.54) is 0 Å². The van der Waals surface area contributed by atoms with Gasteiger partial charge >= 0.3 is 0 Å². The third-order valence-electron chi connectivity index (χ3n) is 3.84. The van der Waals surface area contributed by atoms with Crippen molar-refractivity contribution in [1.29, 1.82) is 0 Å². The van der Waals surface area contributed by atoms with Crippen LogP contribution in [0.15, 0.2) is 79.1 Å². The van der Waals surface area contributed by atoms with Gasteiger partial charge in [-0.15, -0.1) is 12.4 Å². The van der Waals surface area contributed by atoms with Crippen molar-refractivity contribution in [2.75, 3.05) is 0 Å². The van der Waals surface area contributed by atoms with Crippen molar-refractivity contribution in [2.45, 2.75) is 0 Å². The zero-order chi connectivity index (χ0) is 16.4. The van der Waals surface area contributed by atoms with Crippen molar-refractivity contribution >= 4 is 12.4 Å². The molecule has 0 aliphatic heterocycles.